The molecule has 4 aromatic rings. The smallest absolute Gasteiger partial charge is 0.255 e. The highest BCUT2D eigenvalue weighted by molar-refractivity contribution is 6.08. The van der Waals surface area contributed by atoms with E-state index in [1.54, 1.807) is 42.7 Å². The van der Waals surface area contributed by atoms with Crippen LogP contribution < -0.4 is 11.1 Å². The normalized spacial score (nSPS) is 10.7. The number of hydrogen-bond donors (Lipinski definition) is 2. The SMILES string of the molecule is NC(=O)c1cn(Cc2ccccc2)c2ncc(NC(=O)c3ccccc3)cc12. The van der Waals surface area contributed by atoms with E-state index in [1.165, 1.54) is 0 Å². The molecule has 0 radical (unpaired) electrons. The van der Waals surface area contributed by atoms with Crippen molar-refractivity contribution in [3.8, 4) is 0 Å². The highest BCUT2D eigenvalue weighted by Gasteiger charge is 2.16. The molecule has 0 saturated carbocycles. The van der Waals surface area contributed by atoms with Crippen LogP contribution in [0.15, 0.2) is 79.1 Å². The molecular formula is C22H18N4O2. The van der Waals surface area contributed by atoms with Gasteiger partial charge in [-0.15, -0.1) is 0 Å². The second-order valence-electron chi connectivity index (χ2n) is 6.44. The number of anilines is 1. The minimum atomic E-state index is -0.537. The lowest BCUT2D eigenvalue weighted by Gasteiger charge is -2.07. The summed E-state index contributed by atoms with van der Waals surface area (Å²) in [7, 11) is 0. The van der Waals surface area contributed by atoms with Crippen LogP contribution in [0.1, 0.15) is 26.3 Å². The van der Waals surface area contributed by atoms with E-state index in [4.69, 9.17) is 5.73 Å². The molecule has 0 bridgehead atoms. The number of nitrogens with zero attached hydrogens (tertiary/aromatic N) is 2. The van der Waals surface area contributed by atoms with Gasteiger partial charge < -0.3 is 15.6 Å². The molecule has 0 atom stereocenters. The van der Waals surface area contributed by atoms with Crippen molar-refractivity contribution in [3.05, 3.63) is 95.8 Å². The molecule has 6 heteroatoms. The summed E-state index contributed by atoms with van der Waals surface area (Å²) in [6, 6.07) is 20.5. The second kappa shape index (κ2) is 7.36. The van der Waals surface area contributed by atoms with Crippen LogP contribution in [0.2, 0.25) is 0 Å². The van der Waals surface area contributed by atoms with Gasteiger partial charge in [0.15, 0.2) is 0 Å². The van der Waals surface area contributed by atoms with Crippen molar-refractivity contribution in [2.45, 2.75) is 6.54 Å². The Labute approximate surface area is 161 Å². The first-order valence-corrected chi connectivity index (χ1v) is 8.81. The summed E-state index contributed by atoms with van der Waals surface area (Å²) in [4.78, 5) is 28.8. The number of amides is 2. The minimum absolute atomic E-state index is 0.244. The summed E-state index contributed by atoms with van der Waals surface area (Å²) >= 11 is 0. The third kappa shape index (κ3) is 3.48. The Morgan fingerprint density at radius 2 is 1.68 bits per heavy atom. The van der Waals surface area contributed by atoms with E-state index < -0.39 is 5.91 Å². The van der Waals surface area contributed by atoms with Gasteiger partial charge >= 0.3 is 0 Å². The average molecular weight is 370 g/mol. The largest absolute Gasteiger partial charge is 0.366 e. The van der Waals surface area contributed by atoms with Gasteiger partial charge in [-0.3, -0.25) is 9.59 Å². The minimum Gasteiger partial charge on any atom is -0.366 e. The van der Waals surface area contributed by atoms with E-state index in [0.717, 1.165) is 5.56 Å². The summed E-state index contributed by atoms with van der Waals surface area (Å²) in [5.41, 5.74) is 8.69. The van der Waals surface area contributed by atoms with Gasteiger partial charge in [0, 0.05) is 23.7 Å². The Morgan fingerprint density at radius 1 is 1.00 bits per heavy atom. The molecule has 0 aliphatic carbocycles. The van der Waals surface area contributed by atoms with Gasteiger partial charge in [-0.1, -0.05) is 48.5 Å². The number of nitrogens with two attached hydrogens (primary N) is 1. The Kier molecular flexibility index (Phi) is 4.60. The van der Waals surface area contributed by atoms with Gasteiger partial charge in [0.25, 0.3) is 11.8 Å². The Balaban J connectivity index is 1.69. The molecule has 0 spiro atoms. The summed E-state index contributed by atoms with van der Waals surface area (Å²) < 4.78 is 1.88. The Morgan fingerprint density at radius 3 is 2.36 bits per heavy atom. The number of benzene rings is 2. The van der Waals surface area contributed by atoms with Crippen LogP contribution in [-0.4, -0.2) is 21.4 Å². The van der Waals surface area contributed by atoms with Crippen LogP contribution in [0.3, 0.4) is 0 Å². The topological polar surface area (TPSA) is 90.0 Å². The fourth-order valence-corrected chi connectivity index (χ4v) is 3.13. The molecule has 2 aromatic carbocycles. The summed E-state index contributed by atoms with van der Waals surface area (Å²) in [5.74, 6) is -0.781. The van der Waals surface area contributed by atoms with Crippen LogP contribution in [-0.2, 0) is 6.54 Å². The van der Waals surface area contributed by atoms with Gasteiger partial charge in [0.05, 0.1) is 17.4 Å². The van der Waals surface area contributed by atoms with Crippen molar-refractivity contribution in [1.29, 1.82) is 0 Å². The van der Waals surface area contributed by atoms with Gasteiger partial charge in [0.1, 0.15) is 5.65 Å². The van der Waals surface area contributed by atoms with Crippen LogP contribution >= 0.6 is 0 Å². The molecule has 2 heterocycles. The molecule has 0 fully saturated rings. The van der Waals surface area contributed by atoms with Crippen LogP contribution in [0, 0.1) is 0 Å². The molecule has 138 valence electrons. The maximum Gasteiger partial charge on any atom is 0.255 e. The quantitative estimate of drug-likeness (QED) is 0.564. The first-order valence-electron chi connectivity index (χ1n) is 8.81. The third-order valence-electron chi connectivity index (χ3n) is 4.47. The lowest BCUT2D eigenvalue weighted by atomic mass is 10.2. The predicted octanol–water partition coefficient (Wildman–Crippen LogP) is 3.44. The highest BCUT2D eigenvalue weighted by Crippen LogP contribution is 2.24. The highest BCUT2D eigenvalue weighted by atomic mass is 16.2. The molecule has 2 aromatic heterocycles. The first kappa shape index (κ1) is 17.5. The summed E-state index contributed by atoms with van der Waals surface area (Å²) in [5, 5.41) is 3.42. The molecule has 0 aliphatic rings. The lowest BCUT2D eigenvalue weighted by Crippen LogP contribution is -2.12. The molecule has 2 amide bonds. The maximum atomic E-state index is 12.4. The number of carbonyl (C=O) groups is 2. The van der Waals surface area contributed by atoms with E-state index in [-0.39, 0.29) is 5.91 Å². The zero-order chi connectivity index (χ0) is 19.5. The number of rotatable bonds is 5. The van der Waals surface area contributed by atoms with Crippen molar-refractivity contribution in [3.63, 3.8) is 0 Å². The molecule has 0 saturated heterocycles. The number of carbonyl (C=O) groups excluding carboxylic acids is 2. The standard InChI is InChI=1S/C22H18N4O2/c23-20(27)19-14-26(13-15-7-3-1-4-8-15)21-18(19)11-17(12-24-21)25-22(28)16-9-5-2-6-10-16/h1-12,14H,13H2,(H2,23,27)(H,25,28). The molecule has 4 rings (SSSR count). The van der Waals surface area contributed by atoms with E-state index >= 15 is 0 Å². The van der Waals surface area contributed by atoms with Gasteiger partial charge in [-0.2, -0.15) is 0 Å². The number of fused-ring (bicyclic) bond motifs is 1. The molecule has 28 heavy (non-hydrogen) atoms. The first-order chi connectivity index (χ1) is 13.6. The average Bonchev–Trinajstić information content (AvgIpc) is 3.07. The van der Waals surface area contributed by atoms with Crippen LogP contribution in [0.4, 0.5) is 5.69 Å². The van der Waals surface area contributed by atoms with Crippen molar-refractivity contribution >= 4 is 28.5 Å². The van der Waals surface area contributed by atoms with Gasteiger partial charge in [0.2, 0.25) is 0 Å². The second-order valence-corrected chi connectivity index (χ2v) is 6.44. The molecule has 0 unspecified atom stereocenters. The maximum absolute atomic E-state index is 12.4. The van der Waals surface area contributed by atoms with E-state index in [9.17, 15) is 9.59 Å². The van der Waals surface area contributed by atoms with E-state index in [0.29, 0.717) is 34.4 Å². The monoisotopic (exact) mass is 370 g/mol. The number of nitrogens with one attached hydrogen (secondary N) is 1. The number of aromatic nitrogens is 2. The fraction of sp³-hybridized carbons (Fsp3) is 0.0455. The molecule has 6 nitrogen and oxygen atoms in total. The van der Waals surface area contributed by atoms with Crippen molar-refractivity contribution in [1.82, 2.24) is 9.55 Å². The zero-order valence-electron chi connectivity index (χ0n) is 15.0. The summed E-state index contributed by atoms with van der Waals surface area (Å²) in [6.07, 6.45) is 3.28. The van der Waals surface area contributed by atoms with Crippen molar-refractivity contribution < 1.29 is 9.59 Å². The summed E-state index contributed by atoms with van der Waals surface area (Å²) in [6.45, 7) is 0.563. The van der Waals surface area contributed by atoms with Crippen molar-refractivity contribution in [2.24, 2.45) is 5.73 Å². The predicted molar refractivity (Wildman–Crippen MR) is 108 cm³/mol. The lowest BCUT2D eigenvalue weighted by molar-refractivity contribution is 0.0999. The molecular weight excluding hydrogens is 352 g/mol. The van der Waals surface area contributed by atoms with Crippen LogP contribution in [0.5, 0.6) is 0 Å². The van der Waals surface area contributed by atoms with E-state index in [2.05, 4.69) is 10.3 Å². The molecule has 3 N–H and O–H groups in total. The van der Waals surface area contributed by atoms with Crippen molar-refractivity contribution in [2.75, 3.05) is 5.32 Å². The number of pyridine rings is 1. The number of primary amides is 1. The fourth-order valence-electron chi connectivity index (χ4n) is 3.13. The van der Waals surface area contributed by atoms with Crippen LogP contribution in [0.25, 0.3) is 11.0 Å². The van der Waals surface area contributed by atoms with E-state index in [1.807, 2.05) is 41.0 Å². The zero-order valence-corrected chi connectivity index (χ0v) is 15.0. The molecule has 0 aliphatic heterocycles. The Hall–Kier alpha value is -3.93. The Bertz CT molecular complexity index is 1150. The third-order valence-corrected chi connectivity index (χ3v) is 4.47. The van der Waals surface area contributed by atoms with Gasteiger partial charge in [-0.25, -0.2) is 4.98 Å². The number of hydrogen-bond acceptors (Lipinski definition) is 3. The van der Waals surface area contributed by atoms with Gasteiger partial charge in [-0.05, 0) is 23.8 Å².